The number of esters is 1. The number of fused-ring (bicyclic) bond motifs is 5. The first-order valence-electron chi connectivity index (χ1n) is 7.67. The number of rotatable bonds is 3. The Morgan fingerprint density at radius 3 is 2.84 bits per heavy atom. The van der Waals surface area contributed by atoms with Gasteiger partial charge in [0.1, 0.15) is 5.60 Å². The first kappa shape index (κ1) is 16.3. The summed E-state index contributed by atoms with van der Waals surface area (Å²) in [5, 5.41) is 9.86. The molecule has 2 amide bonds. The van der Waals surface area contributed by atoms with Crippen LogP contribution in [0.5, 0.6) is 0 Å². The average molecular weight is 364 g/mol. The SMILES string of the molecule is COC(=O)c1cc(N2C(=O)[C@@H]3[C@@H](C2=O)[C@]2(CO)C=C[C@H]3O2)ccc1Cl. The lowest BCUT2D eigenvalue weighted by Gasteiger charge is -2.26. The molecule has 0 aliphatic carbocycles. The van der Waals surface area contributed by atoms with Crippen LogP contribution >= 0.6 is 11.6 Å². The van der Waals surface area contributed by atoms with E-state index in [9.17, 15) is 19.5 Å². The van der Waals surface area contributed by atoms with Crippen LogP contribution in [-0.4, -0.2) is 48.3 Å². The zero-order valence-corrected chi connectivity index (χ0v) is 13.9. The van der Waals surface area contributed by atoms with E-state index in [-0.39, 0.29) is 22.9 Å². The molecule has 130 valence electrons. The number of halogens is 1. The molecule has 2 saturated heterocycles. The summed E-state index contributed by atoms with van der Waals surface area (Å²) < 4.78 is 10.3. The predicted octanol–water partition coefficient (Wildman–Crippen LogP) is 0.932. The number of anilines is 1. The highest BCUT2D eigenvalue weighted by Gasteiger charge is 2.67. The van der Waals surface area contributed by atoms with Crippen molar-refractivity contribution in [2.75, 3.05) is 18.6 Å². The molecule has 25 heavy (non-hydrogen) atoms. The molecule has 2 bridgehead atoms. The van der Waals surface area contributed by atoms with Crippen molar-refractivity contribution < 1.29 is 29.0 Å². The Balaban J connectivity index is 1.75. The van der Waals surface area contributed by atoms with Gasteiger partial charge in [-0.1, -0.05) is 23.8 Å². The Kier molecular flexibility index (Phi) is 3.50. The summed E-state index contributed by atoms with van der Waals surface area (Å²) in [5.74, 6) is -3.01. The van der Waals surface area contributed by atoms with Crippen LogP contribution in [-0.2, 0) is 19.1 Å². The van der Waals surface area contributed by atoms with Crippen LogP contribution in [0.1, 0.15) is 10.4 Å². The maximum atomic E-state index is 12.9. The molecule has 1 aromatic carbocycles. The molecule has 7 nitrogen and oxygen atoms in total. The maximum Gasteiger partial charge on any atom is 0.339 e. The van der Waals surface area contributed by atoms with E-state index in [4.69, 9.17) is 16.3 Å². The Labute approximate surface area is 147 Å². The number of carbonyl (C=O) groups is 3. The minimum absolute atomic E-state index is 0.0635. The standard InChI is InChI=1S/C17H14ClNO6/c1-24-16(23)9-6-8(2-3-10(9)18)19-14(21)12-11-4-5-17(7-20,25-11)13(12)15(19)22/h2-6,11-13,20H,7H2,1H3/t11-,12+,13+,17-/m1/s1. The van der Waals surface area contributed by atoms with Crippen molar-refractivity contribution in [3.05, 3.63) is 40.9 Å². The second kappa shape index (κ2) is 5.39. The molecule has 2 fully saturated rings. The lowest BCUT2D eigenvalue weighted by atomic mass is 9.77. The third-order valence-corrected chi connectivity index (χ3v) is 5.35. The van der Waals surface area contributed by atoms with Crippen LogP contribution in [0.25, 0.3) is 0 Å². The largest absolute Gasteiger partial charge is 0.465 e. The predicted molar refractivity (Wildman–Crippen MR) is 86.1 cm³/mol. The van der Waals surface area contributed by atoms with Crippen molar-refractivity contribution in [2.45, 2.75) is 11.7 Å². The highest BCUT2D eigenvalue weighted by molar-refractivity contribution is 6.34. The smallest absolute Gasteiger partial charge is 0.339 e. The molecule has 0 unspecified atom stereocenters. The second-order valence-electron chi connectivity index (χ2n) is 6.23. The van der Waals surface area contributed by atoms with Gasteiger partial charge in [0.25, 0.3) is 0 Å². The molecule has 3 aliphatic rings. The van der Waals surface area contributed by atoms with Crippen molar-refractivity contribution in [3.63, 3.8) is 0 Å². The van der Waals surface area contributed by atoms with Gasteiger partial charge in [0, 0.05) is 0 Å². The summed E-state index contributed by atoms with van der Waals surface area (Å²) >= 11 is 5.99. The number of aliphatic hydroxyl groups is 1. The van der Waals surface area contributed by atoms with E-state index in [2.05, 4.69) is 4.74 Å². The molecule has 4 atom stereocenters. The summed E-state index contributed by atoms with van der Waals surface area (Å²) in [6.07, 6.45) is 2.81. The topological polar surface area (TPSA) is 93.1 Å². The number of amides is 2. The molecule has 0 aromatic heterocycles. The number of hydrogen-bond donors (Lipinski definition) is 1. The highest BCUT2D eigenvalue weighted by atomic mass is 35.5. The normalized spacial score (nSPS) is 32.4. The Hall–Kier alpha value is -2.22. The second-order valence-corrected chi connectivity index (χ2v) is 6.63. The van der Waals surface area contributed by atoms with Crippen molar-refractivity contribution in [1.29, 1.82) is 0 Å². The molecule has 1 N–H and O–H groups in total. The van der Waals surface area contributed by atoms with Gasteiger partial charge in [0.15, 0.2) is 0 Å². The van der Waals surface area contributed by atoms with E-state index in [0.717, 1.165) is 4.90 Å². The van der Waals surface area contributed by atoms with E-state index >= 15 is 0 Å². The van der Waals surface area contributed by atoms with Crippen LogP contribution in [0.3, 0.4) is 0 Å². The molecule has 0 saturated carbocycles. The maximum absolute atomic E-state index is 12.9. The number of imide groups is 1. The third kappa shape index (κ3) is 2.03. The highest BCUT2D eigenvalue weighted by Crippen LogP contribution is 2.52. The number of carbonyl (C=O) groups excluding carboxylic acids is 3. The van der Waals surface area contributed by atoms with Crippen molar-refractivity contribution in [1.82, 2.24) is 0 Å². The lowest BCUT2D eigenvalue weighted by molar-refractivity contribution is -0.128. The van der Waals surface area contributed by atoms with Gasteiger partial charge in [-0.2, -0.15) is 0 Å². The zero-order chi connectivity index (χ0) is 17.9. The van der Waals surface area contributed by atoms with Crippen LogP contribution < -0.4 is 4.90 Å². The Morgan fingerprint density at radius 2 is 2.16 bits per heavy atom. The van der Waals surface area contributed by atoms with Gasteiger partial charge < -0.3 is 14.6 Å². The minimum atomic E-state index is -1.16. The number of ether oxygens (including phenoxy) is 2. The van der Waals surface area contributed by atoms with Crippen molar-refractivity contribution >= 4 is 35.1 Å². The van der Waals surface area contributed by atoms with Crippen LogP contribution in [0.2, 0.25) is 5.02 Å². The molecule has 3 heterocycles. The van der Waals surface area contributed by atoms with Gasteiger partial charge in [0.2, 0.25) is 11.8 Å². The number of benzene rings is 1. The van der Waals surface area contributed by atoms with Gasteiger partial charge in [-0.3, -0.25) is 9.59 Å². The number of methoxy groups -OCH3 is 1. The summed E-state index contributed by atoms with van der Waals surface area (Å²) in [4.78, 5) is 38.6. The summed E-state index contributed by atoms with van der Waals surface area (Å²) in [5.41, 5.74) is -0.857. The summed E-state index contributed by atoms with van der Waals surface area (Å²) in [6.45, 7) is -0.387. The van der Waals surface area contributed by atoms with E-state index in [1.165, 1.54) is 25.3 Å². The van der Waals surface area contributed by atoms with Crippen molar-refractivity contribution in [3.8, 4) is 0 Å². The van der Waals surface area contributed by atoms with Gasteiger partial charge in [-0.25, -0.2) is 9.69 Å². The molecular formula is C17H14ClNO6. The van der Waals surface area contributed by atoms with E-state index in [1.807, 2.05) is 0 Å². The van der Waals surface area contributed by atoms with E-state index in [1.54, 1.807) is 12.2 Å². The fourth-order valence-electron chi connectivity index (χ4n) is 3.86. The third-order valence-electron chi connectivity index (χ3n) is 5.02. The molecule has 8 heteroatoms. The fraction of sp³-hybridized carbons (Fsp3) is 0.353. The van der Waals surface area contributed by atoms with Crippen LogP contribution in [0, 0.1) is 11.8 Å². The zero-order valence-electron chi connectivity index (χ0n) is 13.1. The molecule has 1 aromatic rings. The van der Waals surface area contributed by atoms with Crippen LogP contribution in [0.15, 0.2) is 30.4 Å². The molecule has 3 aliphatic heterocycles. The Bertz CT molecular complexity index is 836. The summed E-state index contributed by atoms with van der Waals surface area (Å²) in [6, 6.07) is 4.28. The molecule has 0 radical (unpaired) electrons. The Morgan fingerprint density at radius 1 is 1.40 bits per heavy atom. The van der Waals surface area contributed by atoms with E-state index in [0.29, 0.717) is 0 Å². The number of aliphatic hydroxyl groups excluding tert-OH is 1. The quantitative estimate of drug-likeness (QED) is 0.488. The van der Waals surface area contributed by atoms with Crippen molar-refractivity contribution in [2.24, 2.45) is 11.8 Å². The average Bonchev–Trinajstić information content (AvgIpc) is 3.26. The van der Waals surface area contributed by atoms with Gasteiger partial charge in [0.05, 0.1) is 47.9 Å². The van der Waals surface area contributed by atoms with Crippen LogP contribution in [0.4, 0.5) is 5.69 Å². The van der Waals surface area contributed by atoms with Gasteiger partial charge in [-0.05, 0) is 18.2 Å². The lowest BCUT2D eigenvalue weighted by Crippen LogP contribution is -2.43. The molecule has 4 rings (SSSR count). The molecule has 0 spiro atoms. The fourth-order valence-corrected chi connectivity index (χ4v) is 4.05. The number of hydrogen-bond acceptors (Lipinski definition) is 6. The van der Waals surface area contributed by atoms with Gasteiger partial charge in [-0.15, -0.1) is 0 Å². The number of nitrogens with zero attached hydrogens (tertiary/aromatic N) is 1. The first-order chi connectivity index (χ1) is 11.9. The minimum Gasteiger partial charge on any atom is -0.465 e. The van der Waals surface area contributed by atoms with Gasteiger partial charge >= 0.3 is 5.97 Å². The monoisotopic (exact) mass is 363 g/mol. The van der Waals surface area contributed by atoms with E-state index < -0.39 is 41.3 Å². The molecular weight excluding hydrogens is 350 g/mol. The summed E-state index contributed by atoms with van der Waals surface area (Å²) in [7, 11) is 1.22. The first-order valence-corrected chi connectivity index (χ1v) is 8.05.